The van der Waals surface area contributed by atoms with Crippen molar-refractivity contribution in [2.45, 2.75) is 6.04 Å². The highest BCUT2D eigenvalue weighted by molar-refractivity contribution is 9.10. The van der Waals surface area contributed by atoms with Crippen LogP contribution in [0.3, 0.4) is 0 Å². The van der Waals surface area contributed by atoms with Crippen LogP contribution >= 0.6 is 15.9 Å². The first kappa shape index (κ1) is 10.7. The number of hydrogen-bond acceptors (Lipinski definition) is 2. The summed E-state index contributed by atoms with van der Waals surface area (Å²) in [6.45, 7) is 0.147. The monoisotopic (exact) mass is 243 g/mol. The second kappa shape index (κ2) is 4.74. The van der Waals surface area contributed by atoms with E-state index in [9.17, 15) is 0 Å². The lowest BCUT2D eigenvalue weighted by molar-refractivity contribution is 0.171. The Labute approximate surface area is 87.3 Å². The van der Waals surface area contributed by atoms with Gasteiger partial charge in [-0.2, -0.15) is 0 Å². The molecule has 0 fully saturated rings. The Morgan fingerprint density at radius 1 is 1.31 bits per heavy atom. The summed E-state index contributed by atoms with van der Waals surface area (Å²) in [5.74, 6) is 0. The summed E-state index contributed by atoms with van der Waals surface area (Å²) in [5, 5.41) is 9.17. The molecule has 0 aliphatic heterocycles. The molecular weight excluding hydrogens is 230 g/mol. The molecule has 1 aromatic rings. The lowest BCUT2D eigenvalue weighted by Crippen LogP contribution is -2.22. The molecule has 1 rings (SSSR count). The van der Waals surface area contributed by atoms with Crippen molar-refractivity contribution in [1.29, 1.82) is 0 Å². The van der Waals surface area contributed by atoms with Crippen LogP contribution in [0.2, 0.25) is 0 Å². The molecule has 1 aromatic carbocycles. The number of hydrogen-bond donors (Lipinski definition) is 1. The maximum atomic E-state index is 9.17. The number of benzene rings is 1. The van der Waals surface area contributed by atoms with E-state index >= 15 is 0 Å². The third-order valence-corrected chi connectivity index (χ3v) is 2.58. The fraction of sp³-hybridized carbons (Fsp3) is 0.400. The van der Waals surface area contributed by atoms with Crippen LogP contribution < -0.4 is 0 Å². The van der Waals surface area contributed by atoms with E-state index in [1.165, 1.54) is 0 Å². The first-order chi connectivity index (χ1) is 6.15. The molecule has 13 heavy (non-hydrogen) atoms. The molecule has 0 aromatic heterocycles. The van der Waals surface area contributed by atoms with Crippen LogP contribution in [0.1, 0.15) is 11.6 Å². The van der Waals surface area contributed by atoms with E-state index < -0.39 is 0 Å². The van der Waals surface area contributed by atoms with Crippen molar-refractivity contribution in [3.05, 3.63) is 34.3 Å². The van der Waals surface area contributed by atoms with Crippen LogP contribution in [0.4, 0.5) is 0 Å². The Morgan fingerprint density at radius 2 is 1.85 bits per heavy atom. The third-order valence-electron chi connectivity index (χ3n) is 2.05. The molecule has 1 unspecified atom stereocenters. The zero-order chi connectivity index (χ0) is 9.84. The van der Waals surface area contributed by atoms with Gasteiger partial charge in [0, 0.05) is 4.47 Å². The van der Waals surface area contributed by atoms with E-state index in [0.29, 0.717) is 0 Å². The molecule has 1 N–H and O–H groups in total. The molecule has 0 aliphatic carbocycles. The lowest BCUT2D eigenvalue weighted by atomic mass is 10.1. The summed E-state index contributed by atoms with van der Waals surface area (Å²) in [7, 11) is 3.92. The summed E-state index contributed by atoms with van der Waals surface area (Å²) in [4.78, 5) is 2.00. The van der Waals surface area contributed by atoms with Gasteiger partial charge in [-0.1, -0.05) is 28.1 Å². The first-order valence-electron chi connectivity index (χ1n) is 4.18. The smallest absolute Gasteiger partial charge is 0.0628 e. The molecule has 0 spiro atoms. The van der Waals surface area contributed by atoms with E-state index in [1.54, 1.807) is 0 Å². The topological polar surface area (TPSA) is 23.5 Å². The number of likely N-dealkylation sites (N-methyl/N-ethyl adjacent to an activating group) is 1. The number of nitrogens with zero attached hydrogens (tertiary/aromatic N) is 1. The van der Waals surface area contributed by atoms with Gasteiger partial charge in [0.2, 0.25) is 0 Å². The number of halogens is 1. The minimum atomic E-state index is 0.0908. The van der Waals surface area contributed by atoms with Crippen LogP contribution in [0.25, 0.3) is 0 Å². The van der Waals surface area contributed by atoms with Gasteiger partial charge >= 0.3 is 0 Å². The van der Waals surface area contributed by atoms with E-state index in [0.717, 1.165) is 10.0 Å². The lowest BCUT2D eigenvalue weighted by Gasteiger charge is -2.22. The van der Waals surface area contributed by atoms with Gasteiger partial charge in [0.25, 0.3) is 0 Å². The predicted molar refractivity (Wildman–Crippen MR) is 57.7 cm³/mol. The maximum absolute atomic E-state index is 9.17. The predicted octanol–water partition coefficient (Wildman–Crippen LogP) is 2.04. The summed E-state index contributed by atoms with van der Waals surface area (Å²) in [5.41, 5.74) is 1.13. The van der Waals surface area contributed by atoms with Gasteiger partial charge in [0.1, 0.15) is 0 Å². The molecule has 1 atom stereocenters. The minimum absolute atomic E-state index is 0.0908. The molecule has 0 bridgehead atoms. The Hall–Kier alpha value is -0.380. The summed E-state index contributed by atoms with van der Waals surface area (Å²) in [6, 6.07) is 8.10. The SMILES string of the molecule is CN(C)C(CO)c1ccc(Br)cc1. The highest BCUT2D eigenvalue weighted by Gasteiger charge is 2.11. The van der Waals surface area contributed by atoms with Gasteiger partial charge in [-0.25, -0.2) is 0 Å². The van der Waals surface area contributed by atoms with Crippen LogP contribution in [-0.2, 0) is 0 Å². The van der Waals surface area contributed by atoms with Gasteiger partial charge in [0.15, 0.2) is 0 Å². The number of aliphatic hydroxyl groups is 1. The normalized spacial score (nSPS) is 13.3. The van der Waals surface area contributed by atoms with Gasteiger partial charge in [0.05, 0.1) is 12.6 Å². The maximum Gasteiger partial charge on any atom is 0.0628 e. The molecular formula is C10H14BrNO. The van der Waals surface area contributed by atoms with Crippen LogP contribution in [0.5, 0.6) is 0 Å². The fourth-order valence-corrected chi connectivity index (χ4v) is 1.52. The standard InChI is InChI=1S/C10H14BrNO/c1-12(2)10(7-13)8-3-5-9(11)6-4-8/h3-6,10,13H,7H2,1-2H3. The van der Waals surface area contributed by atoms with Crippen LogP contribution in [-0.4, -0.2) is 30.7 Å². The summed E-state index contributed by atoms with van der Waals surface area (Å²) >= 11 is 3.38. The van der Waals surface area contributed by atoms with Gasteiger partial charge in [-0.05, 0) is 31.8 Å². The fourth-order valence-electron chi connectivity index (χ4n) is 1.25. The molecule has 0 radical (unpaired) electrons. The van der Waals surface area contributed by atoms with Gasteiger partial charge in [-0.15, -0.1) is 0 Å². The first-order valence-corrected chi connectivity index (χ1v) is 4.97. The van der Waals surface area contributed by atoms with E-state index in [1.807, 2.05) is 43.3 Å². The summed E-state index contributed by atoms with van der Waals surface area (Å²) in [6.07, 6.45) is 0. The van der Waals surface area contributed by atoms with Crippen molar-refractivity contribution in [2.24, 2.45) is 0 Å². The molecule has 2 nitrogen and oxygen atoms in total. The highest BCUT2D eigenvalue weighted by atomic mass is 79.9. The molecule has 0 amide bonds. The van der Waals surface area contributed by atoms with Crippen molar-refractivity contribution >= 4 is 15.9 Å². The van der Waals surface area contributed by atoms with Gasteiger partial charge in [-0.3, -0.25) is 0 Å². The molecule has 72 valence electrons. The largest absolute Gasteiger partial charge is 0.394 e. The molecule has 0 saturated carbocycles. The van der Waals surface area contributed by atoms with Crippen molar-refractivity contribution < 1.29 is 5.11 Å². The van der Waals surface area contributed by atoms with Crippen molar-refractivity contribution in [2.75, 3.05) is 20.7 Å². The van der Waals surface area contributed by atoms with Crippen molar-refractivity contribution in [3.8, 4) is 0 Å². The second-order valence-electron chi connectivity index (χ2n) is 3.21. The van der Waals surface area contributed by atoms with E-state index in [-0.39, 0.29) is 12.6 Å². The van der Waals surface area contributed by atoms with Crippen LogP contribution in [0, 0.1) is 0 Å². The molecule has 0 heterocycles. The quantitative estimate of drug-likeness (QED) is 0.879. The highest BCUT2D eigenvalue weighted by Crippen LogP contribution is 2.19. The van der Waals surface area contributed by atoms with Crippen LogP contribution in [0.15, 0.2) is 28.7 Å². The number of aliphatic hydroxyl groups excluding tert-OH is 1. The average Bonchev–Trinajstić information content (AvgIpc) is 2.09. The number of rotatable bonds is 3. The Balaban J connectivity index is 2.86. The Kier molecular flexibility index (Phi) is 3.90. The zero-order valence-corrected chi connectivity index (χ0v) is 9.45. The molecule has 3 heteroatoms. The average molecular weight is 244 g/mol. The Morgan fingerprint density at radius 3 is 2.23 bits per heavy atom. The minimum Gasteiger partial charge on any atom is -0.394 e. The third kappa shape index (κ3) is 2.79. The zero-order valence-electron chi connectivity index (χ0n) is 7.87. The van der Waals surface area contributed by atoms with Gasteiger partial charge < -0.3 is 10.0 Å². The second-order valence-corrected chi connectivity index (χ2v) is 4.13. The van der Waals surface area contributed by atoms with E-state index in [4.69, 9.17) is 5.11 Å². The molecule has 0 aliphatic rings. The molecule has 0 saturated heterocycles. The summed E-state index contributed by atoms with van der Waals surface area (Å²) < 4.78 is 1.06. The van der Waals surface area contributed by atoms with Crippen molar-refractivity contribution in [1.82, 2.24) is 4.90 Å². The van der Waals surface area contributed by atoms with E-state index in [2.05, 4.69) is 15.9 Å². The Bertz CT molecular complexity index is 258. The van der Waals surface area contributed by atoms with Crippen molar-refractivity contribution in [3.63, 3.8) is 0 Å².